The number of fused-ring (bicyclic) bond motifs is 3. The van der Waals surface area contributed by atoms with Crippen LogP contribution in [0.2, 0.25) is 0 Å². The maximum absolute atomic E-state index is 13.8. The van der Waals surface area contributed by atoms with Gasteiger partial charge in [-0.25, -0.2) is 9.38 Å². The van der Waals surface area contributed by atoms with Gasteiger partial charge >= 0.3 is 0 Å². The van der Waals surface area contributed by atoms with Crippen molar-refractivity contribution in [2.45, 2.75) is 18.9 Å². The van der Waals surface area contributed by atoms with E-state index < -0.39 is 0 Å². The van der Waals surface area contributed by atoms with Crippen molar-refractivity contribution in [3.8, 4) is 11.5 Å². The lowest BCUT2D eigenvalue weighted by molar-refractivity contribution is 0.355. The summed E-state index contributed by atoms with van der Waals surface area (Å²) in [6.45, 7) is 0. The highest BCUT2D eigenvalue weighted by molar-refractivity contribution is 7.07. The molecule has 0 saturated carbocycles. The Hall–Kier alpha value is -3.97. The molecular formula is C29H23FN2O3S. The van der Waals surface area contributed by atoms with Gasteiger partial charge in [-0.15, -0.1) is 0 Å². The first kappa shape index (κ1) is 22.5. The predicted molar refractivity (Wildman–Crippen MR) is 139 cm³/mol. The molecular weight excluding hydrogens is 475 g/mol. The van der Waals surface area contributed by atoms with Crippen molar-refractivity contribution >= 4 is 23.1 Å². The van der Waals surface area contributed by atoms with Crippen molar-refractivity contribution < 1.29 is 13.9 Å². The van der Waals surface area contributed by atoms with Crippen LogP contribution in [0.1, 0.15) is 34.7 Å². The Balaban J connectivity index is 1.58. The quantitative estimate of drug-likeness (QED) is 0.417. The predicted octanol–water partition coefficient (Wildman–Crippen LogP) is 4.48. The number of rotatable bonds is 4. The molecule has 0 bridgehead atoms. The van der Waals surface area contributed by atoms with E-state index in [4.69, 9.17) is 14.5 Å². The van der Waals surface area contributed by atoms with Gasteiger partial charge in [-0.2, -0.15) is 0 Å². The second kappa shape index (κ2) is 8.91. The van der Waals surface area contributed by atoms with Gasteiger partial charge in [0, 0.05) is 5.56 Å². The molecule has 36 heavy (non-hydrogen) atoms. The summed E-state index contributed by atoms with van der Waals surface area (Å²) in [6, 6.07) is 19.9. The zero-order chi connectivity index (χ0) is 24.8. The van der Waals surface area contributed by atoms with Gasteiger partial charge in [0.1, 0.15) is 5.82 Å². The first-order chi connectivity index (χ1) is 17.6. The summed E-state index contributed by atoms with van der Waals surface area (Å²) in [5.41, 5.74) is 5.94. The molecule has 1 aromatic heterocycles. The van der Waals surface area contributed by atoms with E-state index in [2.05, 4.69) is 12.1 Å². The SMILES string of the molecule is COc1ccc(/C=c2/sc3n(c2=O)C(c2ccc(F)cc2)C2=C(N=3)c3ccccc3CC2)cc1OC. The third kappa shape index (κ3) is 3.67. The molecule has 3 aromatic carbocycles. The molecule has 6 rings (SSSR count). The minimum atomic E-state index is -0.335. The van der Waals surface area contributed by atoms with Crippen LogP contribution in [0.15, 0.2) is 82.1 Å². The number of thiazole rings is 1. The van der Waals surface area contributed by atoms with Crippen LogP contribution in [0.3, 0.4) is 0 Å². The summed E-state index contributed by atoms with van der Waals surface area (Å²) >= 11 is 1.36. The number of aromatic nitrogens is 1. The van der Waals surface area contributed by atoms with Gasteiger partial charge in [0.2, 0.25) is 0 Å². The lowest BCUT2D eigenvalue weighted by Crippen LogP contribution is -2.38. The van der Waals surface area contributed by atoms with Crippen molar-refractivity contribution in [2.24, 2.45) is 4.99 Å². The summed E-state index contributed by atoms with van der Waals surface area (Å²) in [4.78, 5) is 19.4. The Bertz CT molecular complexity index is 1700. The van der Waals surface area contributed by atoms with Gasteiger partial charge in [0.25, 0.3) is 5.56 Å². The molecule has 4 aromatic rings. The van der Waals surface area contributed by atoms with Gasteiger partial charge in [-0.05, 0) is 65.4 Å². The molecule has 1 aliphatic heterocycles. The first-order valence-electron chi connectivity index (χ1n) is 11.7. The Labute approximate surface area is 211 Å². The van der Waals surface area contributed by atoms with Crippen LogP contribution in [0.5, 0.6) is 11.5 Å². The molecule has 0 radical (unpaired) electrons. The van der Waals surface area contributed by atoms with Crippen molar-refractivity contribution in [1.82, 2.24) is 4.57 Å². The molecule has 7 heteroatoms. The van der Waals surface area contributed by atoms with Gasteiger partial charge in [-0.1, -0.05) is 53.8 Å². The van der Waals surface area contributed by atoms with E-state index in [0.717, 1.165) is 40.8 Å². The molecule has 0 saturated heterocycles. The largest absolute Gasteiger partial charge is 0.493 e. The highest BCUT2D eigenvalue weighted by Crippen LogP contribution is 2.41. The number of hydrogen-bond donors (Lipinski definition) is 0. The summed E-state index contributed by atoms with van der Waals surface area (Å²) in [5, 5.41) is 0. The van der Waals surface area contributed by atoms with Crippen molar-refractivity contribution in [3.63, 3.8) is 0 Å². The van der Waals surface area contributed by atoms with Crippen LogP contribution in [-0.2, 0) is 6.42 Å². The molecule has 2 heterocycles. The number of hydrogen-bond acceptors (Lipinski definition) is 5. The van der Waals surface area contributed by atoms with E-state index in [1.165, 1.54) is 29.0 Å². The highest BCUT2D eigenvalue weighted by atomic mass is 32.1. The fraction of sp³-hybridized carbons (Fsp3) is 0.172. The molecule has 180 valence electrons. The molecule has 1 unspecified atom stereocenters. The molecule has 0 fully saturated rings. The van der Waals surface area contributed by atoms with E-state index in [9.17, 15) is 9.18 Å². The minimum absolute atomic E-state index is 0.117. The first-order valence-corrected chi connectivity index (χ1v) is 12.5. The summed E-state index contributed by atoms with van der Waals surface area (Å²) in [7, 11) is 3.17. The molecule has 1 atom stereocenters. The number of halogens is 1. The summed E-state index contributed by atoms with van der Waals surface area (Å²) < 4.78 is 26.9. The lowest BCUT2D eigenvalue weighted by Gasteiger charge is -2.30. The smallest absolute Gasteiger partial charge is 0.271 e. The number of benzene rings is 3. The van der Waals surface area contributed by atoms with Crippen LogP contribution in [-0.4, -0.2) is 18.8 Å². The Morgan fingerprint density at radius 3 is 2.56 bits per heavy atom. The third-order valence-electron chi connectivity index (χ3n) is 6.76. The van der Waals surface area contributed by atoms with Crippen LogP contribution >= 0.6 is 11.3 Å². The molecule has 0 N–H and O–H groups in total. The molecule has 0 spiro atoms. The molecule has 1 aliphatic carbocycles. The standard InChI is InChI=1S/C29H23FN2O3S/c1-34-23-14-7-17(15-24(23)35-2)16-25-28(33)32-27(19-8-11-20(30)12-9-19)22-13-10-18-5-3-4-6-21(18)26(22)31-29(32)36-25/h3-9,11-12,14-16,27H,10,13H2,1-2H3/b25-16+. The second-order valence-electron chi connectivity index (χ2n) is 8.78. The number of ether oxygens (including phenoxy) is 2. The monoisotopic (exact) mass is 498 g/mol. The van der Waals surface area contributed by atoms with Crippen LogP contribution < -0.4 is 24.4 Å². The summed E-state index contributed by atoms with van der Waals surface area (Å²) in [5.74, 6) is 0.914. The van der Waals surface area contributed by atoms with E-state index in [1.807, 2.05) is 36.4 Å². The van der Waals surface area contributed by atoms with Gasteiger partial charge in [0.05, 0.1) is 30.5 Å². The van der Waals surface area contributed by atoms with E-state index in [1.54, 1.807) is 30.9 Å². The fourth-order valence-corrected chi connectivity index (χ4v) is 6.06. The topological polar surface area (TPSA) is 52.8 Å². The molecule has 0 amide bonds. The number of allylic oxidation sites excluding steroid dienone is 1. The van der Waals surface area contributed by atoms with Gasteiger partial charge < -0.3 is 9.47 Å². The van der Waals surface area contributed by atoms with Crippen LogP contribution in [0.25, 0.3) is 11.8 Å². The Morgan fingerprint density at radius 1 is 1.00 bits per heavy atom. The number of aryl methyl sites for hydroxylation is 1. The van der Waals surface area contributed by atoms with Gasteiger partial charge in [-0.3, -0.25) is 9.36 Å². The van der Waals surface area contributed by atoms with E-state index in [-0.39, 0.29) is 17.4 Å². The van der Waals surface area contributed by atoms with Crippen molar-refractivity contribution in [3.05, 3.63) is 120 Å². The fourth-order valence-electron chi connectivity index (χ4n) is 5.06. The van der Waals surface area contributed by atoms with E-state index >= 15 is 0 Å². The minimum Gasteiger partial charge on any atom is -0.493 e. The molecule has 5 nitrogen and oxygen atoms in total. The van der Waals surface area contributed by atoms with Crippen molar-refractivity contribution in [2.75, 3.05) is 14.2 Å². The van der Waals surface area contributed by atoms with Crippen molar-refractivity contribution in [1.29, 1.82) is 0 Å². The Morgan fingerprint density at radius 2 is 1.78 bits per heavy atom. The lowest BCUT2D eigenvalue weighted by atomic mass is 9.83. The number of methoxy groups -OCH3 is 2. The third-order valence-corrected chi connectivity index (χ3v) is 7.75. The van der Waals surface area contributed by atoms with E-state index in [0.29, 0.717) is 20.8 Å². The van der Waals surface area contributed by atoms with Gasteiger partial charge in [0.15, 0.2) is 16.3 Å². The summed E-state index contributed by atoms with van der Waals surface area (Å²) in [6.07, 6.45) is 3.51. The zero-order valence-corrected chi connectivity index (χ0v) is 20.6. The second-order valence-corrected chi connectivity index (χ2v) is 9.79. The highest BCUT2D eigenvalue weighted by Gasteiger charge is 2.32. The average Bonchev–Trinajstić information content (AvgIpc) is 3.22. The van der Waals surface area contributed by atoms with Crippen LogP contribution in [0, 0.1) is 5.82 Å². The normalized spacial score (nSPS) is 16.6. The number of nitrogens with zero attached hydrogens (tertiary/aromatic N) is 2. The zero-order valence-electron chi connectivity index (χ0n) is 19.8. The maximum atomic E-state index is 13.8. The molecule has 2 aliphatic rings. The Kier molecular flexibility index (Phi) is 5.57. The van der Waals surface area contributed by atoms with Crippen LogP contribution in [0.4, 0.5) is 4.39 Å². The average molecular weight is 499 g/mol. The maximum Gasteiger partial charge on any atom is 0.271 e.